The third-order valence-electron chi connectivity index (χ3n) is 1.35. The largest absolute Gasteiger partial charge is 0.378 e. The second-order valence-corrected chi connectivity index (χ2v) is 2.61. The lowest BCUT2D eigenvalue weighted by Crippen LogP contribution is -2.09. The van der Waals surface area contributed by atoms with Crippen molar-refractivity contribution in [1.29, 1.82) is 0 Å². The molecule has 4 nitrogen and oxygen atoms in total. The third kappa shape index (κ3) is 2.07. The molecule has 1 aromatic rings. The van der Waals surface area contributed by atoms with Gasteiger partial charge >= 0.3 is 0 Å². The molecule has 5 heteroatoms. The molecule has 0 radical (unpaired) electrons. The third-order valence-corrected chi connectivity index (χ3v) is 1.69. The van der Waals surface area contributed by atoms with Crippen LogP contribution in [-0.2, 0) is 11.3 Å². The molecule has 0 aliphatic rings. The molecule has 0 fully saturated rings. The van der Waals surface area contributed by atoms with Crippen LogP contribution < -0.4 is 11.3 Å². The van der Waals surface area contributed by atoms with Gasteiger partial charge in [-0.3, -0.25) is 0 Å². The van der Waals surface area contributed by atoms with Gasteiger partial charge in [-0.15, -0.1) is 0 Å². The van der Waals surface area contributed by atoms with Gasteiger partial charge in [0.2, 0.25) is 0 Å². The van der Waals surface area contributed by atoms with Crippen LogP contribution in [0.2, 0.25) is 5.02 Å². The number of hydrogen-bond donors (Lipinski definition) is 2. The summed E-state index contributed by atoms with van der Waals surface area (Å²) in [6.07, 6.45) is 0. The number of aromatic nitrogens is 1. The van der Waals surface area contributed by atoms with Crippen molar-refractivity contribution >= 4 is 17.4 Å². The lowest BCUT2D eigenvalue weighted by atomic mass is 10.3. The van der Waals surface area contributed by atoms with E-state index in [1.807, 2.05) is 0 Å². The van der Waals surface area contributed by atoms with Gasteiger partial charge in [-0.1, -0.05) is 11.6 Å². The van der Waals surface area contributed by atoms with Crippen LogP contribution >= 0.6 is 11.6 Å². The maximum Gasteiger partial charge on any atom is 0.140 e. The van der Waals surface area contributed by atoms with Gasteiger partial charge in [-0.2, -0.15) is 0 Å². The van der Waals surface area contributed by atoms with Gasteiger partial charge in [0.25, 0.3) is 0 Å². The average molecular weight is 188 g/mol. The summed E-state index contributed by atoms with van der Waals surface area (Å²) in [5.74, 6) is 5.74. The number of hydrazine groups is 1. The first-order chi connectivity index (χ1) is 5.77. The van der Waals surface area contributed by atoms with Gasteiger partial charge in [-0.25, -0.2) is 10.8 Å². The number of hydrogen-bond acceptors (Lipinski definition) is 4. The Kier molecular flexibility index (Phi) is 3.28. The normalized spacial score (nSPS) is 9.92. The lowest BCUT2D eigenvalue weighted by Gasteiger charge is -2.04. The van der Waals surface area contributed by atoms with Crippen molar-refractivity contribution in [3.8, 4) is 0 Å². The molecule has 1 aromatic heterocycles. The van der Waals surface area contributed by atoms with Crippen LogP contribution in [0, 0.1) is 0 Å². The van der Waals surface area contributed by atoms with Crippen LogP contribution in [0.4, 0.5) is 5.82 Å². The molecule has 0 amide bonds. The van der Waals surface area contributed by atoms with Crippen molar-refractivity contribution in [3.63, 3.8) is 0 Å². The van der Waals surface area contributed by atoms with E-state index in [0.29, 0.717) is 23.1 Å². The van der Waals surface area contributed by atoms with Crippen LogP contribution in [0.1, 0.15) is 5.69 Å². The van der Waals surface area contributed by atoms with Crippen LogP contribution in [0.5, 0.6) is 0 Å². The highest BCUT2D eigenvalue weighted by molar-refractivity contribution is 6.31. The van der Waals surface area contributed by atoms with E-state index < -0.39 is 0 Å². The van der Waals surface area contributed by atoms with Gasteiger partial charge in [0.05, 0.1) is 17.3 Å². The summed E-state index contributed by atoms with van der Waals surface area (Å²) < 4.78 is 4.89. The van der Waals surface area contributed by atoms with Crippen molar-refractivity contribution in [3.05, 3.63) is 22.8 Å². The first-order valence-corrected chi connectivity index (χ1v) is 3.76. The van der Waals surface area contributed by atoms with Gasteiger partial charge in [0.15, 0.2) is 0 Å². The SMILES string of the molecule is COCc1nc(NN)ccc1Cl. The number of halogens is 1. The molecule has 0 unspecified atom stereocenters. The van der Waals surface area contributed by atoms with Crippen molar-refractivity contribution < 1.29 is 4.74 Å². The van der Waals surface area contributed by atoms with Crippen LogP contribution in [0.3, 0.4) is 0 Å². The highest BCUT2D eigenvalue weighted by Crippen LogP contribution is 2.16. The van der Waals surface area contributed by atoms with Gasteiger partial charge < -0.3 is 10.2 Å². The summed E-state index contributed by atoms with van der Waals surface area (Å²) >= 11 is 5.82. The van der Waals surface area contributed by atoms with E-state index in [1.165, 1.54) is 0 Å². The Hall–Kier alpha value is -0.840. The minimum atomic E-state index is 0.383. The number of anilines is 1. The van der Waals surface area contributed by atoms with Crippen molar-refractivity contribution in [2.75, 3.05) is 12.5 Å². The quantitative estimate of drug-likeness (QED) is 0.551. The number of rotatable bonds is 3. The highest BCUT2D eigenvalue weighted by atomic mass is 35.5. The summed E-state index contributed by atoms with van der Waals surface area (Å²) in [4.78, 5) is 4.09. The molecule has 0 bridgehead atoms. The molecule has 3 N–H and O–H groups in total. The van der Waals surface area contributed by atoms with Crippen molar-refractivity contribution in [2.45, 2.75) is 6.61 Å². The molecule has 12 heavy (non-hydrogen) atoms. The number of nitrogens with zero attached hydrogens (tertiary/aromatic N) is 1. The van der Waals surface area contributed by atoms with Crippen molar-refractivity contribution in [2.24, 2.45) is 5.84 Å². The molecule has 66 valence electrons. The Morgan fingerprint density at radius 3 is 3.00 bits per heavy atom. The fourth-order valence-electron chi connectivity index (χ4n) is 0.803. The molecular formula is C7H10ClN3O. The number of ether oxygens (including phenoxy) is 1. The van der Waals surface area contributed by atoms with E-state index in [0.717, 1.165) is 0 Å². The molecule has 0 spiro atoms. The molecule has 0 aliphatic heterocycles. The first kappa shape index (κ1) is 9.25. The number of nitrogen functional groups attached to an aromatic ring is 1. The van der Waals surface area contributed by atoms with Crippen LogP contribution in [0.25, 0.3) is 0 Å². The predicted octanol–water partition coefficient (Wildman–Crippen LogP) is 1.17. The summed E-state index contributed by atoms with van der Waals surface area (Å²) in [7, 11) is 1.58. The van der Waals surface area contributed by atoms with E-state index in [2.05, 4.69) is 10.4 Å². The standard InChI is InChI=1S/C7H10ClN3O/c1-12-4-6-5(8)2-3-7(10-6)11-9/h2-3H,4,9H2,1H3,(H,10,11). The van der Waals surface area contributed by atoms with Gasteiger partial charge in [-0.05, 0) is 12.1 Å². The number of nitrogens with one attached hydrogen (secondary N) is 1. The molecule has 1 heterocycles. The molecule has 0 aromatic carbocycles. The van der Waals surface area contributed by atoms with Crippen LogP contribution in [0.15, 0.2) is 12.1 Å². The molecule has 0 atom stereocenters. The van der Waals surface area contributed by atoms with Gasteiger partial charge in [0.1, 0.15) is 5.82 Å². The maximum atomic E-state index is 5.82. The summed E-state index contributed by atoms with van der Waals surface area (Å²) in [5.41, 5.74) is 3.10. The minimum absolute atomic E-state index is 0.383. The smallest absolute Gasteiger partial charge is 0.140 e. The first-order valence-electron chi connectivity index (χ1n) is 3.39. The van der Waals surface area contributed by atoms with E-state index in [1.54, 1.807) is 19.2 Å². The van der Waals surface area contributed by atoms with Crippen molar-refractivity contribution in [1.82, 2.24) is 4.98 Å². The second-order valence-electron chi connectivity index (χ2n) is 2.20. The zero-order valence-electron chi connectivity index (χ0n) is 6.67. The predicted molar refractivity (Wildman–Crippen MR) is 47.8 cm³/mol. The maximum absolute atomic E-state index is 5.82. The zero-order valence-corrected chi connectivity index (χ0v) is 7.43. The molecule has 0 aliphatic carbocycles. The van der Waals surface area contributed by atoms with E-state index in [4.69, 9.17) is 22.2 Å². The second kappa shape index (κ2) is 4.25. The fraction of sp³-hybridized carbons (Fsp3) is 0.286. The molecule has 0 saturated heterocycles. The number of pyridine rings is 1. The fourth-order valence-corrected chi connectivity index (χ4v) is 0.962. The van der Waals surface area contributed by atoms with Gasteiger partial charge in [0, 0.05) is 7.11 Å². The number of nitrogens with two attached hydrogens (primary N) is 1. The summed E-state index contributed by atoms with van der Waals surface area (Å²) in [6.45, 7) is 0.383. The Morgan fingerprint density at radius 1 is 1.67 bits per heavy atom. The topological polar surface area (TPSA) is 60.2 Å². The van der Waals surface area contributed by atoms with Crippen LogP contribution in [-0.4, -0.2) is 12.1 Å². The summed E-state index contributed by atoms with van der Waals surface area (Å²) in [5, 5.41) is 0.579. The minimum Gasteiger partial charge on any atom is -0.378 e. The lowest BCUT2D eigenvalue weighted by molar-refractivity contribution is 0.181. The van der Waals surface area contributed by atoms with E-state index in [-0.39, 0.29) is 0 Å². The summed E-state index contributed by atoms with van der Waals surface area (Å²) in [6, 6.07) is 3.42. The van der Waals surface area contributed by atoms with E-state index >= 15 is 0 Å². The average Bonchev–Trinajstić information content (AvgIpc) is 2.09. The Labute approximate surface area is 75.7 Å². The Morgan fingerprint density at radius 2 is 2.42 bits per heavy atom. The Balaban J connectivity index is 2.91. The Bertz CT molecular complexity index is 267. The van der Waals surface area contributed by atoms with E-state index in [9.17, 15) is 0 Å². The molecule has 1 rings (SSSR count). The monoisotopic (exact) mass is 187 g/mol. The molecule has 0 saturated carbocycles. The highest BCUT2D eigenvalue weighted by Gasteiger charge is 2.01. The molecular weight excluding hydrogens is 178 g/mol. The zero-order chi connectivity index (χ0) is 8.97. The number of methoxy groups -OCH3 is 1.